The van der Waals surface area contributed by atoms with Crippen molar-refractivity contribution in [2.24, 2.45) is 0 Å². The number of amides is 1. The van der Waals surface area contributed by atoms with Gasteiger partial charge in [0.1, 0.15) is 0 Å². The number of benzene rings is 2. The Hall–Kier alpha value is -1.94. The summed E-state index contributed by atoms with van der Waals surface area (Å²) < 4.78 is 0. The zero-order valence-corrected chi connectivity index (χ0v) is 11.6. The molecule has 19 heavy (non-hydrogen) atoms. The number of anilines is 1. The van der Waals surface area contributed by atoms with Crippen molar-refractivity contribution in [2.75, 3.05) is 5.32 Å². The first-order chi connectivity index (χ1) is 9.18. The van der Waals surface area contributed by atoms with Gasteiger partial charge < -0.3 is 5.32 Å². The monoisotopic (exact) mass is 317 g/mol. The number of carbonyl (C=O) groups is 2. The predicted molar refractivity (Wildman–Crippen MR) is 78.6 cm³/mol. The minimum absolute atomic E-state index is 0.256. The second-order valence-electron chi connectivity index (χ2n) is 3.95. The second-order valence-corrected chi connectivity index (χ2v) is 4.86. The molecule has 0 saturated heterocycles. The van der Waals surface area contributed by atoms with Crippen LogP contribution in [-0.4, -0.2) is 16.5 Å². The average Bonchev–Trinajstić information content (AvgIpc) is 2.47. The van der Waals surface area contributed by atoms with E-state index in [1.807, 2.05) is 24.3 Å². The summed E-state index contributed by atoms with van der Waals surface area (Å²) >= 11 is 3.14. The lowest BCUT2D eigenvalue weighted by molar-refractivity contribution is -0.114. The molecule has 2 aromatic rings. The summed E-state index contributed by atoms with van der Waals surface area (Å²) in [6.45, 7) is 0. The van der Waals surface area contributed by atoms with E-state index in [0.29, 0.717) is 11.3 Å². The van der Waals surface area contributed by atoms with Crippen LogP contribution in [0.3, 0.4) is 0 Å². The van der Waals surface area contributed by atoms with Crippen molar-refractivity contribution in [2.45, 2.75) is 4.83 Å². The summed E-state index contributed by atoms with van der Waals surface area (Å²) in [4.78, 5) is 23.1. The van der Waals surface area contributed by atoms with Crippen LogP contribution in [0.1, 0.15) is 10.4 Å². The number of alkyl halides is 1. The van der Waals surface area contributed by atoms with Crippen molar-refractivity contribution in [3.63, 3.8) is 0 Å². The predicted octanol–water partition coefficient (Wildman–Crippen LogP) is 3.27. The van der Waals surface area contributed by atoms with Crippen molar-refractivity contribution in [3.8, 4) is 0 Å². The third-order valence-electron chi connectivity index (χ3n) is 2.56. The van der Waals surface area contributed by atoms with Crippen LogP contribution in [0.4, 0.5) is 5.69 Å². The third-order valence-corrected chi connectivity index (χ3v) is 3.39. The first kappa shape index (κ1) is 13.5. The molecule has 0 fully saturated rings. The van der Waals surface area contributed by atoms with E-state index < -0.39 is 4.83 Å². The van der Waals surface area contributed by atoms with Gasteiger partial charge >= 0.3 is 0 Å². The van der Waals surface area contributed by atoms with Gasteiger partial charge in [0.15, 0.2) is 10.6 Å². The number of nitrogens with one attached hydrogen (secondary N) is 1. The molecular weight excluding hydrogens is 306 g/mol. The molecule has 96 valence electrons. The molecule has 0 heterocycles. The topological polar surface area (TPSA) is 46.2 Å². The fourth-order valence-electron chi connectivity index (χ4n) is 1.59. The van der Waals surface area contributed by atoms with Gasteiger partial charge in [-0.2, -0.15) is 0 Å². The average molecular weight is 318 g/mol. The van der Waals surface area contributed by atoms with E-state index in [-0.39, 0.29) is 11.7 Å². The molecule has 2 aromatic carbocycles. The Labute approximate surface area is 119 Å². The molecule has 0 aliphatic rings. The van der Waals surface area contributed by atoms with Gasteiger partial charge in [-0.05, 0) is 12.1 Å². The smallest absolute Gasteiger partial charge is 0.246 e. The number of para-hydroxylation sites is 1. The summed E-state index contributed by atoms with van der Waals surface area (Å²) in [5.74, 6) is -0.630. The zero-order chi connectivity index (χ0) is 13.7. The number of hydrogen-bond acceptors (Lipinski definition) is 2. The van der Waals surface area contributed by atoms with Crippen LogP contribution in [0.25, 0.3) is 0 Å². The minimum Gasteiger partial charge on any atom is -0.325 e. The SMILES string of the molecule is O=C(Nc1ccccc1)[C@H](Br)C(=O)c1ccccc1. The Bertz CT molecular complexity index is 569. The van der Waals surface area contributed by atoms with Crippen molar-refractivity contribution in [1.29, 1.82) is 0 Å². The molecule has 1 atom stereocenters. The summed E-state index contributed by atoms with van der Waals surface area (Å²) in [6.07, 6.45) is 0. The highest BCUT2D eigenvalue weighted by molar-refractivity contribution is 9.10. The number of Topliss-reactive ketones (excluding diaryl/α,β-unsaturated/α-hetero) is 1. The van der Waals surface area contributed by atoms with Gasteiger partial charge in [0.2, 0.25) is 5.91 Å². The van der Waals surface area contributed by atoms with E-state index in [1.54, 1.807) is 36.4 Å². The van der Waals surface area contributed by atoms with E-state index >= 15 is 0 Å². The van der Waals surface area contributed by atoms with E-state index in [1.165, 1.54) is 0 Å². The van der Waals surface area contributed by atoms with Crippen LogP contribution in [0.2, 0.25) is 0 Å². The molecule has 0 aliphatic heterocycles. The quantitative estimate of drug-likeness (QED) is 0.534. The van der Waals surface area contributed by atoms with Crippen molar-refractivity contribution in [3.05, 3.63) is 66.2 Å². The van der Waals surface area contributed by atoms with Gasteiger partial charge in [0.05, 0.1) is 0 Å². The molecule has 0 unspecified atom stereocenters. The third kappa shape index (κ3) is 3.51. The van der Waals surface area contributed by atoms with E-state index in [4.69, 9.17) is 0 Å². The standard InChI is InChI=1S/C15H12BrNO2/c16-13(14(18)11-7-3-1-4-8-11)15(19)17-12-9-5-2-6-10-12/h1-10,13H,(H,17,19)/t13-/m1/s1. The highest BCUT2D eigenvalue weighted by Crippen LogP contribution is 2.13. The molecule has 0 spiro atoms. The maximum absolute atomic E-state index is 12.1. The Kier molecular flexibility index (Phi) is 4.47. The number of halogens is 1. The second kappa shape index (κ2) is 6.29. The lowest BCUT2D eigenvalue weighted by Crippen LogP contribution is -2.30. The van der Waals surface area contributed by atoms with Crippen molar-refractivity contribution < 1.29 is 9.59 Å². The zero-order valence-electron chi connectivity index (χ0n) is 10.0. The van der Waals surface area contributed by atoms with E-state index in [9.17, 15) is 9.59 Å². The van der Waals surface area contributed by atoms with Gasteiger partial charge in [0.25, 0.3) is 0 Å². The molecule has 0 aliphatic carbocycles. The molecule has 1 amide bonds. The van der Waals surface area contributed by atoms with Crippen LogP contribution in [0, 0.1) is 0 Å². The van der Waals surface area contributed by atoms with Crippen LogP contribution in [0.15, 0.2) is 60.7 Å². The molecule has 4 heteroatoms. The Morgan fingerprint density at radius 2 is 1.42 bits per heavy atom. The highest BCUT2D eigenvalue weighted by Gasteiger charge is 2.24. The molecule has 0 aromatic heterocycles. The number of carbonyl (C=O) groups excluding carboxylic acids is 2. The van der Waals surface area contributed by atoms with Gasteiger partial charge in [-0.3, -0.25) is 9.59 Å². The maximum atomic E-state index is 12.1. The van der Waals surface area contributed by atoms with Gasteiger partial charge in [-0.15, -0.1) is 0 Å². The molecule has 1 N–H and O–H groups in total. The van der Waals surface area contributed by atoms with E-state index in [0.717, 1.165) is 0 Å². The molecule has 0 radical (unpaired) electrons. The van der Waals surface area contributed by atoms with Crippen molar-refractivity contribution >= 4 is 33.3 Å². The lowest BCUT2D eigenvalue weighted by atomic mass is 10.1. The number of ketones is 1. The molecular formula is C15H12BrNO2. The maximum Gasteiger partial charge on any atom is 0.246 e. The Morgan fingerprint density at radius 1 is 0.895 bits per heavy atom. The lowest BCUT2D eigenvalue weighted by Gasteiger charge is -2.10. The first-order valence-electron chi connectivity index (χ1n) is 5.78. The fraction of sp³-hybridized carbons (Fsp3) is 0.0667. The van der Waals surface area contributed by atoms with Crippen LogP contribution < -0.4 is 5.32 Å². The molecule has 2 rings (SSSR count). The summed E-state index contributed by atoms with van der Waals surface area (Å²) in [5.41, 5.74) is 1.17. The minimum atomic E-state index is -0.893. The van der Waals surface area contributed by atoms with Gasteiger partial charge in [0, 0.05) is 11.3 Å². The molecule has 0 saturated carbocycles. The normalized spacial score (nSPS) is 11.6. The first-order valence-corrected chi connectivity index (χ1v) is 6.69. The van der Waals surface area contributed by atoms with Gasteiger partial charge in [-0.25, -0.2) is 0 Å². The van der Waals surface area contributed by atoms with Crippen LogP contribution in [-0.2, 0) is 4.79 Å². The van der Waals surface area contributed by atoms with E-state index in [2.05, 4.69) is 21.2 Å². The summed E-state index contributed by atoms with van der Waals surface area (Å²) in [5, 5.41) is 2.69. The Morgan fingerprint density at radius 3 is 2.00 bits per heavy atom. The number of rotatable bonds is 4. The van der Waals surface area contributed by atoms with Gasteiger partial charge in [-0.1, -0.05) is 64.5 Å². The fourth-order valence-corrected chi connectivity index (χ4v) is 1.97. The summed E-state index contributed by atoms with van der Waals surface area (Å²) in [7, 11) is 0. The largest absolute Gasteiger partial charge is 0.325 e. The van der Waals surface area contributed by atoms with Crippen LogP contribution in [0.5, 0.6) is 0 Å². The van der Waals surface area contributed by atoms with Crippen molar-refractivity contribution in [1.82, 2.24) is 0 Å². The Balaban J connectivity index is 2.06. The molecule has 3 nitrogen and oxygen atoms in total. The molecule has 0 bridgehead atoms. The summed E-state index contributed by atoms with van der Waals surface area (Å²) in [6, 6.07) is 17.8. The number of hydrogen-bond donors (Lipinski definition) is 1. The van der Waals surface area contributed by atoms with Crippen LogP contribution >= 0.6 is 15.9 Å². The highest BCUT2D eigenvalue weighted by atomic mass is 79.9.